The van der Waals surface area contributed by atoms with E-state index in [9.17, 15) is 8.42 Å². The number of aromatic nitrogens is 1. The molecule has 102 valence electrons. The van der Waals surface area contributed by atoms with Gasteiger partial charge in [0, 0.05) is 11.1 Å². The van der Waals surface area contributed by atoms with E-state index >= 15 is 0 Å². The molecular formula is C12H13BrN2O2S2. The Labute approximate surface area is 124 Å². The van der Waals surface area contributed by atoms with Gasteiger partial charge in [0.2, 0.25) is 0 Å². The summed E-state index contributed by atoms with van der Waals surface area (Å²) in [5.74, 6) is 0. The van der Waals surface area contributed by atoms with Gasteiger partial charge in [-0.2, -0.15) is 0 Å². The molecule has 0 aliphatic rings. The molecule has 0 radical (unpaired) electrons. The van der Waals surface area contributed by atoms with E-state index in [0.29, 0.717) is 0 Å². The Morgan fingerprint density at radius 1 is 1.32 bits per heavy atom. The van der Waals surface area contributed by atoms with Gasteiger partial charge in [0.05, 0.1) is 21.7 Å². The van der Waals surface area contributed by atoms with Gasteiger partial charge in [0.15, 0.2) is 14.9 Å². The van der Waals surface area contributed by atoms with Gasteiger partial charge in [-0.05, 0) is 47.1 Å². The first-order chi connectivity index (χ1) is 8.86. The van der Waals surface area contributed by atoms with E-state index in [2.05, 4.69) is 26.2 Å². The maximum Gasteiger partial charge on any atom is 0.192 e. The number of pyridine rings is 1. The highest BCUT2D eigenvalue weighted by Crippen LogP contribution is 2.29. The molecular weight excluding hydrogens is 348 g/mol. The van der Waals surface area contributed by atoms with Crippen molar-refractivity contribution in [3.63, 3.8) is 0 Å². The molecule has 0 aromatic carbocycles. The number of hydrogen-bond acceptors (Lipinski definition) is 5. The van der Waals surface area contributed by atoms with Crippen molar-refractivity contribution in [3.8, 4) is 0 Å². The number of nitrogens with one attached hydrogen (secondary N) is 1. The molecule has 0 fully saturated rings. The maximum atomic E-state index is 11.3. The highest BCUT2D eigenvalue weighted by Gasteiger charge is 2.10. The predicted molar refractivity (Wildman–Crippen MR) is 81.4 cm³/mol. The summed E-state index contributed by atoms with van der Waals surface area (Å²) >= 11 is 5.09. The summed E-state index contributed by atoms with van der Waals surface area (Å²) in [6, 6.07) is 7.42. The molecule has 0 saturated carbocycles. The average Bonchev–Trinajstić information content (AvgIpc) is 2.75. The Morgan fingerprint density at radius 2 is 2.05 bits per heavy atom. The summed E-state index contributed by atoms with van der Waals surface area (Å²) in [6.07, 6.45) is 2.68. The van der Waals surface area contributed by atoms with Crippen LogP contribution >= 0.6 is 27.3 Å². The minimum absolute atomic E-state index is 0.0876. The van der Waals surface area contributed by atoms with Gasteiger partial charge in [-0.25, -0.2) is 13.4 Å². The standard InChI is InChI=1S/C12H13BrN2O2S2/c1-8(10-4-5-11(13)18-10)15-9-3-6-12(14-7-9)19(2,16)17/h3-8,15H,1-2H3. The molecule has 2 aromatic heterocycles. The lowest BCUT2D eigenvalue weighted by Crippen LogP contribution is -2.06. The second-order valence-corrected chi connectivity index (χ2v) is 8.62. The molecule has 7 heteroatoms. The van der Waals surface area contributed by atoms with Crippen LogP contribution < -0.4 is 5.32 Å². The summed E-state index contributed by atoms with van der Waals surface area (Å²) < 4.78 is 23.7. The van der Waals surface area contributed by atoms with Crippen LogP contribution in [0.3, 0.4) is 0 Å². The molecule has 0 saturated heterocycles. The average molecular weight is 361 g/mol. The van der Waals surface area contributed by atoms with E-state index in [1.807, 2.05) is 19.1 Å². The van der Waals surface area contributed by atoms with Crippen molar-refractivity contribution in [2.45, 2.75) is 18.0 Å². The Bertz CT molecular complexity index is 665. The van der Waals surface area contributed by atoms with Gasteiger partial charge in [-0.15, -0.1) is 11.3 Å². The van der Waals surface area contributed by atoms with Gasteiger partial charge in [-0.3, -0.25) is 0 Å². The summed E-state index contributed by atoms with van der Waals surface area (Å²) in [5.41, 5.74) is 0.796. The molecule has 2 heterocycles. The topological polar surface area (TPSA) is 59.1 Å². The highest BCUT2D eigenvalue weighted by atomic mass is 79.9. The van der Waals surface area contributed by atoms with Crippen molar-refractivity contribution in [2.24, 2.45) is 0 Å². The van der Waals surface area contributed by atoms with Crippen LogP contribution in [0.5, 0.6) is 0 Å². The van der Waals surface area contributed by atoms with Gasteiger partial charge in [0.25, 0.3) is 0 Å². The minimum atomic E-state index is -3.24. The van der Waals surface area contributed by atoms with Crippen molar-refractivity contribution in [1.29, 1.82) is 0 Å². The number of hydrogen-bond donors (Lipinski definition) is 1. The van der Waals surface area contributed by atoms with Crippen LogP contribution in [-0.4, -0.2) is 19.7 Å². The lowest BCUT2D eigenvalue weighted by atomic mass is 10.2. The lowest BCUT2D eigenvalue weighted by Gasteiger charge is -2.13. The number of halogens is 1. The fourth-order valence-electron chi connectivity index (χ4n) is 1.57. The Morgan fingerprint density at radius 3 is 2.53 bits per heavy atom. The summed E-state index contributed by atoms with van der Waals surface area (Å²) in [5, 5.41) is 3.37. The van der Waals surface area contributed by atoms with Crippen LogP contribution in [0.25, 0.3) is 0 Å². The van der Waals surface area contributed by atoms with Crippen LogP contribution in [0.2, 0.25) is 0 Å². The van der Waals surface area contributed by atoms with Gasteiger partial charge < -0.3 is 5.32 Å². The molecule has 0 spiro atoms. The predicted octanol–water partition coefficient (Wildman–Crippen LogP) is 3.48. The molecule has 0 aliphatic heterocycles. The zero-order valence-corrected chi connectivity index (χ0v) is 13.6. The molecule has 0 amide bonds. The number of thiophene rings is 1. The third-order valence-corrected chi connectivity index (χ3v) is 5.33. The van der Waals surface area contributed by atoms with E-state index in [1.165, 1.54) is 17.1 Å². The number of rotatable bonds is 4. The van der Waals surface area contributed by atoms with Crippen LogP contribution in [0.1, 0.15) is 17.8 Å². The highest BCUT2D eigenvalue weighted by molar-refractivity contribution is 9.11. The van der Waals surface area contributed by atoms with Gasteiger partial charge in [-0.1, -0.05) is 0 Å². The second kappa shape index (κ2) is 5.60. The molecule has 1 N–H and O–H groups in total. The quantitative estimate of drug-likeness (QED) is 0.906. The van der Waals surface area contributed by atoms with Crippen molar-refractivity contribution >= 4 is 42.8 Å². The first-order valence-electron chi connectivity index (χ1n) is 5.54. The molecule has 0 aliphatic carbocycles. The SMILES string of the molecule is CC(Nc1ccc(S(C)(=O)=O)nc1)c1ccc(Br)s1. The third-order valence-electron chi connectivity index (χ3n) is 2.52. The number of nitrogens with zero attached hydrogens (tertiary/aromatic N) is 1. The van der Waals surface area contributed by atoms with Crippen molar-refractivity contribution in [1.82, 2.24) is 4.98 Å². The van der Waals surface area contributed by atoms with Crippen LogP contribution in [0, 0.1) is 0 Å². The Hall–Kier alpha value is -0.920. The van der Waals surface area contributed by atoms with Crippen LogP contribution in [-0.2, 0) is 9.84 Å². The number of anilines is 1. The Kier molecular flexibility index (Phi) is 4.27. The first-order valence-corrected chi connectivity index (χ1v) is 9.04. The van der Waals surface area contributed by atoms with Crippen molar-refractivity contribution in [3.05, 3.63) is 39.1 Å². The molecule has 4 nitrogen and oxygen atoms in total. The summed E-state index contributed by atoms with van der Waals surface area (Å²) in [7, 11) is -3.24. The zero-order chi connectivity index (χ0) is 14.0. The smallest absolute Gasteiger partial charge is 0.192 e. The second-order valence-electron chi connectivity index (χ2n) is 4.17. The largest absolute Gasteiger partial charge is 0.376 e. The van der Waals surface area contributed by atoms with Crippen LogP contribution in [0.4, 0.5) is 5.69 Å². The maximum absolute atomic E-state index is 11.3. The normalized spacial score (nSPS) is 13.2. The number of sulfone groups is 1. The van der Waals surface area contributed by atoms with E-state index < -0.39 is 9.84 Å². The third kappa shape index (κ3) is 3.77. The van der Waals surface area contributed by atoms with E-state index in [0.717, 1.165) is 15.7 Å². The zero-order valence-electron chi connectivity index (χ0n) is 10.4. The first kappa shape index (κ1) is 14.5. The Balaban J connectivity index is 2.12. The van der Waals surface area contributed by atoms with E-state index in [4.69, 9.17) is 0 Å². The summed E-state index contributed by atoms with van der Waals surface area (Å²) in [6.45, 7) is 2.04. The molecule has 1 unspecified atom stereocenters. The minimum Gasteiger partial charge on any atom is -0.376 e. The molecule has 1 atom stereocenters. The molecule has 2 rings (SSSR count). The summed E-state index contributed by atoms with van der Waals surface area (Å²) in [4.78, 5) is 5.14. The molecule has 2 aromatic rings. The van der Waals surface area contributed by atoms with Gasteiger partial charge >= 0.3 is 0 Å². The lowest BCUT2D eigenvalue weighted by molar-refractivity contribution is 0.598. The monoisotopic (exact) mass is 360 g/mol. The molecule has 0 bridgehead atoms. The van der Waals surface area contributed by atoms with Crippen molar-refractivity contribution < 1.29 is 8.42 Å². The van der Waals surface area contributed by atoms with Crippen LogP contribution in [0.15, 0.2) is 39.3 Å². The van der Waals surface area contributed by atoms with E-state index in [-0.39, 0.29) is 11.1 Å². The molecule has 19 heavy (non-hydrogen) atoms. The van der Waals surface area contributed by atoms with Gasteiger partial charge in [0.1, 0.15) is 0 Å². The fraction of sp³-hybridized carbons (Fsp3) is 0.250. The van der Waals surface area contributed by atoms with E-state index in [1.54, 1.807) is 17.4 Å². The van der Waals surface area contributed by atoms with Crippen molar-refractivity contribution in [2.75, 3.05) is 11.6 Å². The fourth-order valence-corrected chi connectivity index (χ4v) is 3.55.